The molecule has 15 fully saturated rings. The van der Waals surface area contributed by atoms with E-state index in [-0.39, 0.29) is 96.9 Å². The first-order chi connectivity index (χ1) is 66.2. The summed E-state index contributed by atoms with van der Waals surface area (Å²) in [6.45, 7) is 12.8. The van der Waals surface area contributed by atoms with E-state index in [0.29, 0.717) is 64.4 Å². The maximum Gasteiger partial charge on any atom is 0.416 e. The van der Waals surface area contributed by atoms with E-state index in [1.807, 2.05) is 12.1 Å². The van der Waals surface area contributed by atoms with Crippen molar-refractivity contribution in [1.82, 2.24) is 0 Å². The number of nitrogens with zero attached hydrogens (tertiary/aromatic N) is 10. The number of benzene rings is 14. The van der Waals surface area contributed by atoms with Crippen molar-refractivity contribution in [2.24, 2.45) is 0 Å². The molecule has 0 aromatic heterocycles. The summed E-state index contributed by atoms with van der Waals surface area (Å²) in [5, 5.41) is 9.76. The third kappa shape index (κ3) is 18.2. The summed E-state index contributed by atoms with van der Waals surface area (Å²) in [6.07, 6.45) is -5.77. The molecule has 0 N–H and O–H groups in total. The van der Waals surface area contributed by atoms with Crippen molar-refractivity contribution in [3.63, 3.8) is 0 Å². The van der Waals surface area contributed by atoms with Crippen LogP contribution in [0.15, 0.2) is 340 Å². The fourth-order valence-corrected chi connectivity index (χ4v) is 26.6. The molecular weight excluding hydrogens is 1750 g/mol. The van der Waals surface area contributed by atoms with Gasteiger partial charge in [-0.2, -0.15) is 26.3 Å². The smallest absolute Gasteiger partial charge is 0.309 e. The average Bonchev–Trinajstić information content (AvgIpc) is 0.705. The van der Waals surface area contributed by atoms with Gasteiger partial charge in [-0.05, 0) is 112 Å². The zero-order valence-electron chi connectivity index (χ0n) is 79.7. The van der Waals surface area contributed by atoms with Crippen LogP contribution >= 0.6 is 0 Å². The van der Waals surface area contributed by atoms with Gasteiger partial charge in [0.1, 0.15) is 77.5 Å². The van der Waals surface area contributed by atoms with Crippen molar-refractivity contribution in [1.29, 1.82) is 0 Å². The largest absolute Gasteiger partial charge is 0.416 e. The minimum absolute atomic E-state index is 0.0436. The Balaban J connectivity index is 0.000000107. The summed E-state index contributed by atoms with van der Waals surface area (Å²) < 4.78 is 165. The molecule has 14 aromatic rings. The number of hydrogen-bond acceptors (Lipinski definition) is 0. The molecule has 0 amide bonds. The zero-order valence-corrected chi connectivity index (χ0v) is 79.7. The lowest BCUT2D eigenvalue weighted by Gasteiger charge is -2.57. The molecule has 29 rings (SSSR count). The molecule has 15 saturated heterocycles. The fraction of sp³-hybridized carbons (Fsp3) is 0.350. The minimum Gasteiger partial charge on any atom is -0.309 e. The van der Waals surface area contributed by atoms with E-state index in [1.54, 1.807) is 7.05 Å². The molecule has 0 spiro atoms. The second-order valence-electron chi connectivity index (χ2n) is 42.9. The Kier molecular flexibility index (Phi) is 25.3. The van der Waals surface area contributed by atoms with Crippen molar-refractivity contribution in [3.05, 3.63) is 406 Å². The Hall–Kier alpha value is -11.1. The molecule has 714 valence electrons. The zero-order chi connectivity index (χ0) is 95.9. The van der Waals surface area contributed by atoms with Crippen LogP contribution in [-0.4, -0.2) is 236 Å². The van der Waals surface area contributed by atoms with Crippen molar-refractivity contribution >= 4 is 43.1 Å². The van der Waals surface area contributed by atoms with Crippen LogP contribution in [-0.2, 0) is 38.0 Å². The Labute approximate surface area is 804 Å². The van der Waals surface area contributed by atoms with E-state index in [9.17, 15) is 26.3 Å². The summed E-state index contributed by atoms with van der Waals surface area (Å²) in [5.41, 5.74) is 7.63. The van der Waals surface area contributed by atoms with Crippen molar-refractivity contribution < 1.29 is 94.7 Å². The number of likely N-dealkylation sites (N-methyl/N-ethyl adjacent to an activating group) is 5. The molecule has 0 aliphatic carbocycles. The lowest BCUT2D eigenvalue weighted by Crippen LogP contribution is -2.79. The van der Waals surface area contributed by atoms with Gasteiger partial charge >= 0.3 is 12.4 Å². The molecule has 15 aliphatic rings. The molecule has 10 bridgehead atoms. The third-order valence-corrected chi connectivity index (χ3v) is 34.6. The Morgan fingerprint density at radius 3 is 0.855 bits per heavy atom. The van der Waals surface area contributed by atoms with Crippen LogP contribution in [0.4, 0.5) is 48.7 Å². The summed E-state index contributed by atoms with van der Waals surface area (Å²) in [6, 6.07) is 110. The quantitative estimate of drug-likeness (QED) is 0.0578. The summed E-state index contributed by atoms with van der Waals surface area (Å²) in [4.78, 5) is 0. The first-order valence-electron chi connectivity index (χ1n) is 49.6. The van der Waals surface area contributed by atoms with Crippen LogP contribution < -0.4 is 0 Å². The number of alkyl halides is 6. The third-order valence-electron chi connectivity index (χ3n) is 34.6. The topological polar surface area (TPSA) is 0 Å². The predicted molar refractivity (Wildman–Crippen MR) is 526 cm³/mol. The highest BCUT2D eigenvalue weighted by atomic mass is 19.4. The van der Waals surface area contributed by atoms with Crippen LogP contribution in [0, 0.1) is 0 Å². The van der Waals surface area contributed by atoms with Gasteiger partial charge in [0.2, 0.25) is 18.1 Å². The molecule has 21 heteroatoms. The highest BCUT2D eigenvalue weighted by Crippen LogP contribution is 2.59. The number of fused-ring (bicyclic) bond motifs is 19. The van der Waals surface area contributed by atoms with E-state index < -0.39 is 40.3 Å². The Bertz CT molecular complexity index is 6140. The SMILES string of the molecule is C[N+]12CC[N+](F)(CC1)C(c1ccc3ccccc3c1)C2c1ccc2ccccc2c1.C[N+]12CC[N+](F)(CC1)C(c1cccc3ccccc13)C2c1cccc2ccccc12.C[N+]12CC[N+](F)(CC1)C(c1ccccc1C(F)(F)F)C2c1ccccc1C(F)(F)F.C[N+]12CC[N+](F)(CC1Cc1ccccc1)C(Cc1ccccc1)C2.C[N+]12CC[N+](F)(CC1Cc1ccccc1)C(Cc1ccccc1)C2. The van der Waals surface area contributed by atoms with E-state index in [0.717, 1.165) is 119 Å². The molecule has 14 unspecified atom stereocenters. The van der Waals surface area contributed by atoms with E-state index in [4.69, 9.17) is 0 Å². The Morgan fingerprint density at radius 1 is 0.210 bits per heavy atom. The molecule has 15 aliphatic heterocycles. The van der Waals surface area contributed by atoms with Crippen molar-refractivity contribution in [2.75, 3.05) is 166 Å². The van der Waals surface area contributed by atoms with Crippen LogP contribution in [0.2, 0.25) is 0 Å². The van der Waals surface area contributed by atoms with E-state index in [1.165, 1.54) is 113 Å². The normalized spacial score (nSPS) is 32.5. The van der Waals surface area contributed by atoms with Crippen molar-refractivity contribution in [2.45, 2.75) is 98.5 Å². The minimum atomic E-state index is -4.74. The molecule has 14 atom stereocenters. The lowest BCUT2D eigenvalue weighted by atomic mass is 9.80. The standard InChI is InChI=1S/2C27H27FN2.C21H21F7N2.2C21H27FN2/c1-29-16-18-30(28,19-17-29)27(25-15-7-11-21-9-3-5-13-23(21)25)26(29)24-14-6-10-20-8-2-4-12-22(20)24;1-29-14-16-30(28,17-15-29)27(25-13-11-21-7-3-5-9-23(21)19-25)26(29)24-12-10-20-6-2-4-8-22(20)18-24;1-29-10-12-30(28,13-11-29)19(15-7-3-5-9-17(15)21(25,26)27)18(29)14-6-2-4-8-16(14)20(22,23)24;2*1-23-12-13-24(22,17-20(23)14-18-8-4-2-5-9-18)21(16-23)15-19-10-6-3-7-11-19/h2-15,26-27H,16-19H2,1H3;2-13,18-19,26-27H,14-17H2,1H3;2-9,18-19H,10-13H2,1H3;2*2-11,20-21H,12-17H2,1H3/q5*+2. The van der Waals surface area contributed by atoms with Crippen molar-refractivity contribution in [3.8, 4) is 0 Å². The summed E-state index contributed by atoms with van der Waals surface area (Å²) >= 11 is 0. The van der Waals surface area contributed by atoms with Gasteiger partial charge in [-0.3, -0.25) is 0 Å². The van der Waals surface area contributed by atoms with Gasteiger partial charge in [0.05, 0.1) is 46.4 Å². The maximum absolute atomic E-state index is 16.7. The molecule has 138 heavy (non-hydrogen) atoms. The molecule has 14 aromatic carbocycles. The molecule has 0 radical (unpaired) electrons. The van der Waals surface area contributed by atoms with E-state index >= 15 is 22.4 Å². The van der Waals surface area contributed by atoms with Gasteiger partial charge < -0.3 is 22.4 Å². The van der Waals surface area contributed by atoms with Gasteiger partial charge in [-0.25, -0.2) is 0 Å². The number of piperazine rings is 15. The predicted octanol–water partition coefficient (Wildman–Crippen LogP) is 24.4. The molecule has 15 heterocycles. The van der Waals surface area contributed by atoms with Crippen LogP contribution in [0.1, 0.15) is 103 Å². The van der Waals surface area contributed by atoms with Gasteiger partial charge in [0, 0.05) is 59.1 Å². The highest BCUT2D eigenvalue weighted by molar-refractivity contribution is 5.88. The maximum atomic E-state index is 16.7. The monoisotopic (exact) mass is 1880 g/mol. The Morgan fingerprint density at radius 2 is 0.471 bits per heavy atom. The van der Waals surface area contributed by atoms with Crippen LogP contribution in [0.25, 0.3) is 43.1 Å². The van der Waals surface area contributed by atoms with Crippen LogP contribution in [0.3, 0.4) is 0 Å². The molecule has 0 saturated carbocycles. The average molecular weight is 1880 g/mol. The second kappa shape index (κ2) is 36.9. The summed E-state index contributed by atoms with van der Waals surface area (Å²) in [5.74, 6) is 0. The van der Waals surface area contributed by atoms with Gasteiger partial charge in [0.15, 0.2) is 95.7 Å². The first-order valence-corrected chi connectivity index (χ1v) is 49.6. The second-order valence-corrected chi connectivity index (χ2v) is 42.9. The van der Waals surface area contributed by atoms with Crippen LogP contribution in [0.5, 0.6) is 0 Å². The summed E-state index contributed by atoms with van der Waals surface area (Å²) in [7, 11) is 11.1. The number of hydrogen-bond donors (Lipinski definition) is 0. The lowest BCUT2D eigenvalue weighted by molar-refractivity contribution is -1.18. The number of rotatable bonds is 14. The molecule has 10 nitrogen and oxygen atoms in total. The highest BCUT2D eigenvalue weighted by Gasteiger charge is 2.69. The number of halogens is 11. The number of quaternary nitrogens is 10. The van der Waals surface area contributed by atoms with Gasteiger partial charge in [-0.15, -0.1) is 23.5 Å². The van der Waals surface area contributed by atoms with E-state index in [2.05, 4.69) is 307 Å². The molecular formula is C117H129F11N10+10. The van der Waals surface area contributed by atoms with Gasteiger partial charge in [-0.1, -0.05) is 315 Å². The van der Waals surface area contributed by atoms with Gasteiger partial charge in [0.25, 0.3) is 0 Å². The first kappa shape index (κ1) is 94.5. The fourth-order valence-electron chi connectivity index (χ4n) is 26.6.